The molecule has 0 atom stereocenters. The number of aliphatic hydroxyl groups excluding tert-OH is 1. The average Bonchev–Trinajstić information content (AvgIpc) is 2.91. The minimum atomic E-state index is -0.647. The molecule has 0 spiro atoms. The first-order valence-corrected chi connectivity index (χ1v) is 5.67. The van der Waals surface area contributed by atoms with Crippen LogP contribution in [-0.4, -0.2) is 16.2 Å². The Morgan fingerprint density at radius 1 is 1.33 bits per heavy atom. The molecule has 0 saturated heterocycles. The number of nitrogens with two attached hydrogens (primary N) is 1. The van der Waals surface area contributed by atoms with Crippen LogP contribution in [0.1, 0.15) is 30.0 Å². The number of amides is 1. The summed E-state index contributed by atoms with van der Waals surface area (Å²) in [5.74, 6) is -0.619. The maximum absolute atomic E-state index is 10.8. The summed E-state index contributed by atoms with van der Waals surface area (Å²) in [6, 6.07) is 8.60. The topological polar surface area (TPSA) is 89.4 Å². The highest BCUT2D eigenvalue weighted by Gasteiger charge is 2.10. The monoisotopic (exact) mass is 248 g/mol. The minimum Gasteiger partial charge on any atom is -0.392 e. The third kappa shape index (κ3) is 3.18. The number of benzene rings is 1. The van der Waals surface area contributed by atoms with Gasteiger partial charge in [-0.1, -0.05) is 43.3 Å². The van der Waals surface area contributed by atoms with E-state index in [1.807, 2.05) is 13.8 Å². The van der Waals surface area contributed by atoms with Gasteiger partial charge < -0.3 is 15.4 Å². The van der Waals surface area contributed by atoms with Crippen LogP contribution in [0.3, 0.4) is 0 Å². The van der Waals surface area contributed by atoms with Crippen LogP contribution in [0.4, 0.5) is 0 Å². The van der Waals surface area contributed by atoms with Crippen molar-refractivity contribution in [2.45, 2.75) is 20.5 Å². The number of rotatable bonds is 3. The van der Waals surface area contributed by atoms with Crippen LogP contribution in [0.5, 0.6) is 0 Å². The third-order valence-corrected chi connectivity index (χ3v) is 2.19. The fourth-order valence-corrected chi connectivity index (χ4v) is 1.31. The van der Waals surface area contributed by atoms with E-state index in [9.17, 15) is 4.79 Å². The number of hydrogen-bond acceptors (Lipinski definition) is 4. The molecule has 1 aromatic carbocycles. The fourth-order valence-electron chi connectivity index (χ4n) is 1.31. The van der Waals surface area contributed by atoms with E-state index in [0.29, 0.717) is 5.69 Å². The molecule has 1 amide bonds. The smallest absolute Gasteiger partial charge is 0.287 e. The molecule has 0 radical (unpaired) electrons. The van der Waals surface area contributed by atoms with Crippen LogP contribution in [0, 0.1) is 0 Å². The Morgan fingerprint density at radius 2 is 1.94 bits per heavy atom. The van der Waals surface area contributed by atoms with E-state index in [2.05, 4.69) is 5.16 Å². The molecule has 0 unspecified atom stereocenters. The van der Waals surface area contributed by atoms with E-state index < -0.39 is 5.91 Å². The van der Waals surface area contributed by atoms with Gasteiger partial charge in [0.15, 0.2) is 0 Å². The second-order valence-electron chi connectivity index (χ2n) is 3.30. The average molecular weight is 248 g/mol. The molecule has 1 aromatic heterocycles. The van der Waals surface area contributed by atoms with Gasteiger partial charge in [-0.25, -0.2) is 0 Å². The van der Waals surface area contributed by atoms with E-state index in [-0.39, 0.29) is 12.4 Å². The third-order valence-electron chi connectivity index (χ3n) is 2.19. The predicted molar refractivity (Wildman–Crippen MR) is 67.7 cm³/mol. The molecule has 0 saturated carbocycles. The zero-order chi connectivity index (χ0) is 13.5. The molecule has 5 nitrogen and oxygen atoms in total. The Hall–Kier alpha value is -2.14. The molecule has 2 rings (SSSR count). The van der Waals surface area contributed by atoms with Crippen LogP contribution in [0.25, 0.3) is 11.3 Å². The number of carbonyl (C=O) groups excluding carboxylic acids is 1. The highest BCUT2D eigenvalue weighted by Crippen LogP contribution is 2.19. The van der Waals surface area contributed by atoms with E-state index in [1.54, 1.807) is 24.3 Å². The molecule has 18 heavy (non-hydrogen) atoms. The van der Waals surface area contributed by atoms with Gasteiger partial charge in [0.25, 0.3) is 5.91 Å². The zero-order valence-corrected chi connectivity index (χ0v) is 10.4. The normalized spacial score (nSPS) is 9.50. The maximum atomic E-state index is 10.8. The van der Waals surface area contributed by atoms with Gasteiger partial charge in [-0.3, -0.25) is 4.79 Å². The lowest BCUT2D eigenvalue weighted by Crippen LogP contribution is -2.09. The first kappa shape index (κ1) is 13.9. The van der Waals surface area contributed by atoms with Gasteiger partial charge in [0, 0.05) is 11.6 Å². The summed E-state index contributed by atoms with van der Waals surface area (Å²) in [7, 11) is 0. The number of hydrogen-bond donors (Lipinski definition) is 2. The van der Waals surface area contributed by atoms with Gasteiger partial charge in [-0.15, -0.1) is 0 Å². The molecule has 0 aliphatic heterocycles. The van der Waals surface area contributed by atoms with Gasteiger partial charge in [0.1, 0.15) is 5.69 Å². The van der Waals surface area contributed by atoms with Crippen LogP contribution in [0.2, 0.25) is 0 Å². The van der Waals surface area contributed by atoms with Crippen molar-refractivity contribution < 1.29 is 14.4 Å². The predicted octanol–water partition coefficient (Wildman–Crippen LogP) is 1.96. The second-order valence-corrected chi connectivity index (χ2v) is 3.30. The molecule has 2 aromatic rings. The lowest BCUT2D eigenvalue weighted by Gasteiger charge is -1.97. The van der Waals surface area contributed by atoms with Crippen LogP contribution < -0.4 is 5.73 Å². The molecular formula is C13H16N2O3. The Bertz CT molecular complexity index is 503. The van der Waals surface area contributed by atoms with Gasteiger partial charge in [0.05, 0.1) is 6.61 Å². The van der Waals surface area contributed by atoms with Crippen molar-refractivity contribution in [1.82, 2.24) is 5.16 Å². The van der Waals surface area contributed by atoms with Crippen molar-refractivity contribution in [3.05, 3.63) is 41.7 Å². The van der Waals surface area contributed by atoms with Crippen LogP contribution >= 0.6 is 0 Å². The van der Waals surface area contributed by atoms with E-state index in [0.717, 1.165) is 11.1 Å². The molecule has 96 valence electrons. The number of carbonyl (C=O) groups is 1. The Morgan fingerprint density at radius 3 is 2.39 bits per heavy atom. The summed E-state index contributed by atoms with van der Waals surface area (Å²) in [6.07, 6.45) is 0. The van der Waals surface area contributed by atoms with Crippen molar-refractivity contribution in [1.29, 1.82) is 0 Å². The van der Waals surface area contributed by atoms with Crippen molar-refractivity contribution in [2.24, 2.45) is 5.73 Å². The molecule has 3 N–H and O–H groups in total. The standard InChI is InChI=1S/C11H10N2O3.C2H6/c12-11(15)10-5-9(13-16-10)8-3-1-7(6-14)2-4-8;1-2/h1-5,14H,6H2,(H2,12,15);1-2H3. The quantitative estimate of drug-likeness (QED) is 0.868. The molecule has 1 heterocycles. The summed E-state index contributed by atoms with van der Waals surface area (Å²) < 4.78 is 4.76. The lowest BCUT2D eigenvalue weighted by molar-refractivity contribution is 0.0965. The lowest BCUT2D eigenvalue weighted by atomic mass is 10.1. The van der Waals surface area contributed by atoms with Crippen molar-refractivity contribution in [2.75, 3.05) is 0 Å². The first-order valence-electron chi connectivity index (χ1n) is 5.67. The number of primary amides is 1. The minimum absolute atomic E-state index is 0.00830. The number of aromatic nitrogens is 1. The van der Waals surface area contributed by atoms with Crippen molar-refractivity contribution >= 4 is 5.91 Å². The summed E-state index contributed by atoms with van der Waals surface area (Å²) in [5.41, 5.74) is 7.19. The van der Waals surface area contributed by atoms with Crippen LogP contribution in [-0.2, 0) is 6.61 Å². The molecule has 0 fully saturated rings. The summed E-state index contributed by atoms with van der Waals surface area (Å²) >= 11 is 0. The second kappa shape index (κ2) is 6.56. The largest absolute Gasteiger partial charge is 0.392 e. The molecular weight excluding hydrogens is 232 g/mol. The van der Waals surface area contributed by atoms with E-state index in [4.69, 9.17) is 15.4 Å². The van der Waals surface area contributed by atoms with Gasteiger partial charge >= 0.3 is 0 Å². The Labute approximate surface area is 105 Å². The van der Waals surface area contributed by atoms with Gasteiger partial charge in [0.2, 0.25) is 5.76 Å². The highest BCUT2D eigenvalue weighted by atomic mass is 16.5. The van der Waals surface area contributed by atoms with Crippen molar-refractivity contribution in [3.8, 4) is 11.3 Å². The van der Waals surface area contributed by atoms with Crippen LogP contribution in [0.15, 0.2) is 34.9 Å². The van der Waals surface area contributed by atoms with Gasteiger partial charge in [-0.2, -0.15) is 0 Å². The maximum Gasteiger partial charge on any atom is 0.287 e. The molecule has 0 aliphatic carbocycles. The molecule has 0 bridgehead atoms. The summed E-state index contributed by atoms with van der Waals surface area (Å²) in [6.45, 7) is 3.99. The molecule has 0 aliphatic rings. The Kier molecular flexibility index (Phi) is 5.07. The summed E-state index contributed by atoms with van der Waals surface area (Å²) in [5, 5.41) is 12.6. The van der Waals surface area contributed by atoms with E-state index >= 15 is 0 Å². The number of nitrogens with zero attached hydrogens (tertiary/aromatic N) is 1. The first-order chi connectivity index (χ1) is 8.70. The Balaban J connectivity index is 0.000000771. The molecule has 5 heteroatoms. The highest BCUT2D eigenvalue weighted by molar-refractivity contribution is 5.90. The van der Waals surface area contributed by atoms with E-state index in [1.165, 1.54) is 6.07 Å². The van der Waals surface area contributed by atoms with Gasteiger partial charge in [-0.05, 0) is 5.56 Å². The SMILES string of the molecule is CC.NC(=O)c1cc(-c2ccc(CO)cc2)no1. The zero-order valence-electron chi connectivity index (χ0n) is 10.4. The fraction of sp³-hybridized carbons (Fsp3) is 0.231. The number of aliphatic hydroxyl groups is 1. The summed E-state index contributed by atoms with van der Waals surface area (Å²) in [4.78, 5) is 10.8. The van der Waals surface area contributed by atoms with Crippen molar-refractivity contribution in [3.63, 3.8) is 0 Å².